The average Bonchev–Trinajstić information content (AvgIpc) is 2.84. The molecule has 1 spiro atoms. The Labute approximate surface area is 111 Å². The Morgan fingerprint density at radius 2 is 2.00 bits per heavy atom. The molecule has 0 aromatic rings. The molecule has 18 heavy (non-hydrogen) atoms. The quantitative estimate of drug-likeness (QED) is 0.810. The van der Waals surface area contributed by atoms with Gasteiger partial charge in [-0.3, -0.25) is 4.90 Å². The van der Waals surface area contributed by atoms with Crippen molar-refractivity contribution in [2.75, 3.05) is 33.4 Å². The molecule has 1 saturated heterocycles. The molecule has 1 N–H and O–H groups in total. The van der Waals surface area contributed by atoms with Gasteiger partial charge in [0.25, 0.3) is 0 Å². The largest absolute Gasteiger partial charge is 0.347 e. The Bertz CT molecular complexity index is 254. The van der Waals surface area contributed by atoms with Crippen LogP contribution in [0.5, 0.6) is 0 Å². The summed E-state index contributed by atoms with van der Waals surface area (Å²) in [5, 5.41) is 3.48. The zero-order valence-electron chi connectivity index (χ0n) is 12.1. The van der Waals surface area contributed by atoms with Crippen molar-refractivity contribution in [3.8, 4) is 0 Å². The molecule has 106 valence electrons. The molecule has 2 atom stereocenters. The molecule has 2 fully saturated rings. The molecule has 2 aliphatic rings. The molecule has 4 heteroatoms. The number of rotatable bonds is 5. The molecule has 1 saturated carbocycles. The van der Waals surface area contributed by atoms with Crippen LogP contribution in [0.25, 0.3) is 0 Å². The Morgan fingerprint density at radius 1 is 1.28 bits per heavy atom. The van der Waals surface area contributed by atoms with Crippen LogP contribution in [-0.4, -0.2) is 56.1 Å². The number of hydrogen-bond acceptors (Lipinski definition) is 4. The van der Waals surface area contributed by atoms with Gasteiger partial charge >= 0.3 is 0 Å². The van der Waals surface area contributed by atoms with Crippen LogP contribution in [0.2, 0.25) is 0 Å². The second-order valence-electron chi connectivity index (χ2n) is 5.44. The van der Waals surface area contributed by atoms with E-state index in [0.29, 0.717) is 12.1 Å². The van der Waals surface area contributed by atoms with Crippen molar-refractivity contribution in [1.29, 1.82) is 0 Å². The first-order valence-corrected chi connectivity index (χ1v) is 7.44. The SMILES string of the molecule is CCCN(CC)C1CC2(CCC1NC)OCCO2. The molecule has 1 aliphatic carbocycles. The third-order valence-electron chi connectivity index (χ3n) is 4.39. The first kappa shape index (κ1) is 14.3. The molecule has 0 amide bonds. The highest BCUT2D eigenvalue weighted by molar-refractivity contribution is 4.95. The second-order valence-corrected chi connectivity index (χ2v) is 5.44. The van der Waals surface area contributed by atoms with Crippen molar-refractivity contribution in [3.05, 3.63) is 0 Å². The lowest BCUT2D eigenvalue weighted by Crippen LogP contribution is -2.57. The maximum absolute atomic E-state index is 5.90. The molecule has 0 aromatic carbocycles. The van der Waals surface area contributed by atoms with Crippen molar-refractivity contribution in [2.24, 2.45) is 0 Å². The Balaban J connectivity index is 2.06. The molecule has 0 aromatic heterocycles. The van der Waals surface area contributed by atoms with E-state index in [-0.39, 0.29) is 5.79 Å². The van der Waals surface area contributed by atoms with Crippen molar-refractivity contribution in [1.82, 2.24) is 10.2 Å². The minimum atomic E-state index is -0.279. The summed E-state index contributed by atoms with van der Waals surface area (Å²) in [6.45, 7) is 8.29. The van der Waals surface area contributed by atoms with E-state index >= 15 is 0 Å². The molecule has 2 rings (SSSR count). The van der Waals surface area contributed by atoms with Gasteiger partial charge in [0.1, 0.15) is 0 Å². The van der Waals surface area contributed by atoms with Gasteiger partial charge < -0.3 is 14.8 Å². The Kier molecular flexibility index (Phi) is 5.01. The zero-order chi connectivity index (χ0) is 13.0. The number of hydrogen-bond donors (Lipinski definition) is 1. The van der Waals surface area contributed by atoms with Crippen LogP contribution in [0, 0.1) is 0 Å². The van der Waals surface area contributed by atoms with Crippen LogP contribution in [0.15, 0.2) is 0 Å². The summed E-state index contributed by atoms with van der Waals surface area (Å²) < 4.78 is 11.8. The van der Waals surface area contributed by atoms with Crippen LogP contribution in [0.3, 0.4) is 0 Å². The van der Waals surface area contributed by atoms with Gasteiger partial charge in [-0.15, -0.1) is 0 Å². The van der Waals surface area contributed by atoms with Gasteiger partial charge in [-0.2, -0.15) is 0 Å². The summed E-state index contributed by atoms with van der Waals surface area (Å²) in [4.78, 5) is 2.58. The van der Waals surface area contributed by atoms with Crippen LogP contribution in [-0.2, 0) is 9.47 Å². The monoisotopic (exact) mass is 256 g/mol. The van der Waals surface area contributed by atoms with E-state index in [4.69, 9.17) is 9.47 Å². The standard InChI is InChI=1S/C14H28N2O2/c1-4-8-16(5-2)13-11-14(17-9-10-18-14)7-6-12(13)15-3/h12-13,15H,4-11H2,1-3H3. The molecular formula is C14H28N2O2. The van der Waals surface area contributed by atoms with Gasteiger partial charge in [0, 0.05) is 24.9 Å². The number of likely N-dealkylation sites (N-methyl/N-ethyl adjacent to an activating group) is 2. The second kappa shape index (κ2) is 6.33. The number of nitrogens with zero attached hydrogens (tertiary/aromatic N) is 1. The number of nitrogens with one attached hydrogen (secondary N) is 1. The van der Waals surface area contributed by atoms with Crippen LogP contribution in [0.1, 0.15) is 39.5 Å². The summed E-state index contributed by atoms with van der Waals surface area (Å²) in [6, 6.07) is 1.10. The van der Waals surface area contributed by atoms with Crippen LogP contribution in [0.4, 0.5) is 0 Å². The summed E-state index contributed by atoms with van der Waals surface area (Å²) in [6.07, 6.45) is 4.38. The summed E-state index contributed by atoms with van der Waals surface area (Å²) in [7, 11) is 2.08. The van der Waals surface area contributed by atoms with Gasteiger partial charge in [-0.05, 0) is 33.0 Å². The van der Waals surface area contributed by atoms with E-state index in [1.807, 2.05) is 0 Å². The first-order valence-electron chi connectivity index (χ1n) is 7.44. The lowest BCUT2D eigenvalue weighted by molar-refractivity contribution is -0.193. The summed E-state index contributed by atoms with van der Waals surface area (Å²) in [5.74, 6) is -0.279. The molecule has 0 bridgehead atoms. The van der Waals surface area contributed by atoms with Gasteiger partial charge in [-0.25, -0.2) is 0 Å². The fourth-order valence-corrected chi connectivity index (χ4v) is 3.46. The van der Waals surface area contributed by atoms with E-state index in [1.165, 1.54) is 6.42 Å². The third-order valence-corrected chi connectivity index (χ3v) is 4.39. The first-order chi connectivity index (χ1) is 8.74. The maximum Gasteiger partial charge on any atom is 0.170 e. The van der Waals surface area contributed by atoms with E-state index in [1.54, 1.807) is 0 Å². The minimum absolute atomic E-state index is 0.279. The van der Waals surface area contributed by atoms with E-state index in [0.717, 1.165) is 45.6 Å². The molecule has 2 unspecified atom stereocenters. The molecule has 1 aliphatic heterocycles. The third kappa shape index (κ3) is 2.87. The van der Waals surface area contributed by atoms with Gasteiger partial charge in [0.15, 0.2) is 5.79 Å². The van der Waals surface area contributed by atoms with Crippen LogP contribution >= 0.6 is 0 Å². The molecule has 1 heterocycles. The topological polar surface area (TPSA) is 33.7 Å². The highest BCUT2D eigenvalue weighted by Crippen LogP contribution is 2.37. The van der Waals surface area contributed by atoms with E-state index in [9.17, 15) is 0 Å². The zero-order valence-corrected chi connectivity index (χ0v) is 12.1. The Hall–Kier alpha value is -0.160. The lowest BCUT2D eigenvalue weighted by Gasteiger charge is -2.45. The molecule has 0 radical (unpaired) electrons. The highest BCUT2D eigenvalue weighted by atomic mass is 16.7. The van der Waals surface area contributed by atoms with Crippen molar-refractivity contribution >= 4 is 0 Å². The van der Waals surface area contributed by atoms with Gasteiger partial charge in [0.2, 0.25) is 0 Å². The maximum atomic E-state index is 5.90. The molecular weight excluding hydrogens is 228 g/mol. The van der Waals surface area contributed by atoms with E-state index < -0.39 is 0 Å². The lowest BCUT2D eigenvalue weighted by atomic mass is 9.84. The van der Waals surface area contributed by atoms with E-state index in [2.05, 4.69) is 31.1 Å². The van der Waals surface area contributed by atoms with Crippen LogP contribution < -0.4 is 5.32 Å². The minimum Gasteiger partial charge on any atom is -0.347 e. The summed E-state index contributed by atoms with van der Waals surface area (Å²) >= 11 is 0. The highest BCUT2D eigenvalue weighted by Gasteiger charge is 2.46. The van der Waals surface area contributed by atoms with Gasteiger partial charge in [-0.1, -0.05) is 13.8 Å². The summed E-state index contributed by atoms with van der Waals surface area (Å²) in [5.41, 5.74) is 0. The average molecular weight is 256 g/mol. The molecule has 4 nitrogen and oxygen atoms in total. The normalized spacial score (nSPS) is 31.3. The van der Waals surface area contributed by atoms with Crippen molar-refractivity contribution in [3.63, 3.8) is 0 Å². The smallest absolute Gasteiger partial charge is 0.170 e. The van der Waals surface area contributed by atoms with Crippen molar-refractivity contribution < 1.29 is 9.47 Å². The predicted octanol–water partition coefficient (Wildman–Crippen LogP) is 1.60. The van der Waals surface area contributed by atoms with Crippen molar-refractivity contribution in [2.45, 2.75) is 57.4 Å². The van der Waals surface area contributed by atoms with Gasteiger partial charge in [0.05, 0.1) is 13.2 Å². The predicted molar refractivity (Wildman–Crippen MR) is 72.7 cm³/mol. The Morgan fingerprint density at radius 3 is 2.56 bits per heavy atom. The number of ether oxygens (including phenoxy) is 2. The fraction of sp³-hybridized carbons (Fsp3) is 1.00. The fourth-order valence-electron chi connectivity index (χ4n) is 3.46.